The van der Waals surface area contributed by atoms with Crippen LogP contribution in [-0.4, -0.2) is 15.8 Å². The van der Waals surface area contributed by atoms with Crippen molar-refractivity contribution in [2.24, 2.45) is 7.05 Å². The molecule has 2 aromatic rings. The standard InChI is InChI=1S/C16H22N4O/c1-5-16(3,13-9-7-6-8-10-13)18-15(21)17-14-11-12(2)19-20(14)4/h6-11H,5H2,1-4H3,(H2,17,18,21)/t16-/m0/s1. The lowest BCUT2D eigenvalue weighted by atomic mass is 9.89. The number of carbonyl (C=O) groups excluding carboxylic acids is 1. The highest BCUT2D eigenvalue weighted by Crippen LogP contribution is 2.24. The number of aryl methyl sites for hydroxylation is 2. The summed E-state index contributed by atoms with van der Waals surface area (Å²) in [6.45, 7) is 5.97. The molecule has 0 saturated carbocycles. The number of nitrogens with one attached hydrogen (secondary N) is 2. The maximum Gasteiger partial charge on any atom is 0.321 e. The van der Waals surface area contributed by atoms with Crippen LogP contribution in [0.2, 0.25) is 0 Å². The van der Waals surface area contributed by atoms with Gasteiger partial charge in [0.2, 0.25) is 0 Å². The fraction of sp³-hybridized carbons (Fsp3) is 0.375. The Balaban J connectivity index is 2.11. The molecule has 0 unspecified atom stereocenters. The normalized spacial score (nSPS) is 13.5. The van der Waals surface area contributed by atoms with Crippen LogP contribution >= 0.6 is 0 Å². The fourth-order valence-electron chi connectivity index (χ4n) is 2.30. The van der Waals surface area contributed by atoms with Gasteiger partial charge in [-0.1, -0.05) is 37.3 Å². The molecule has 0 aliphatic heterocycles. The van der Waals surface area contributed by atoms with Crippen LogP contribution in [0, 0.1) is 6.92 Å². The molecule has 2 amide bonds. The highest BCUT2D eigenvalue weighted by molar-refractivity contribution is 5.89. The van der Waals surface area contributed by atoms with Gasteiger partial charge in [0, 0.05) is 13.1 Å². The van der Waals surface area contributed by atoms with Crippen molar-refractivity contribution >= 4 is 11.8 Å². The lowest BCUT2D eigenvalue weighted by Gasteiger charge is -2.30. The number of rotatable bonds is 4. The monoisotopic (exact) mass is 286 g/mol. The number of carbonyl (C=O) groups is 1. The largest absolute Gasteiger partial charge is 0.329 e. The predicted molar refractivity (Wildman–Crippen MR) is 84.2 cm³/mol. The van der Waals surface area contributed by atoms with Crippen molar-refractivity contribution in [3.05, 3.63) is 47.7 Å². The molecule has 0 spiro atoms. The number of hydrogen-bond donors (Lipinski definition) is 2. The quantitative estimate of drug-likeness (QED) is 0.907. The van der Waals surface area contributed by atoms with E-state index in [1.807, 2.05) is 50.2 Å². The number of urea groups is 1. The molecule has 1 heterocycles. The molecule has 0 aliphatic carbocycles. The highest BCUT2D eigenvalue weighted by Gasteiger charge is 2.26. The second kappa shape index (κ2) is 5.99. The molecule has 21 heavy (non-hydrogen) atoms. The average molecular weight is 286 g/mol. The first kappa shape index (κ1) is 15.1. The Labute approximate surface area is 125 Å². The fourth-order valence-corrected chi connectivity index (χ4v) is 2.30. The third kappa shape index (κ3) is 3.42. The molecule has 1 atom stereocenters. The molecule has 2 rings (SSSR count). The van der Waals surface area contributed by atoms with Crippen LogP contribution in [0.3, 0.4) is 0 Å². The van der Waals surface area contributed by atoms with Crippen LogP contribution in [0.15, 0.2) is 36.4 Å². The maximum absolute atomic E-state index is 12.3. The van der Waals surface area contributed by atoms with Gasteiger partial charge in [0.25, 0.3) is 0 Å². The van der Waals surface area contributed by atoms with Gasteiger partial charge in [-0.2, -0.15) is 5.10 Å². The first-order valence-electron chi connectivity index (χ1n) is 7.10. The number of amides is 2. The minimum absolute atomic E-state index is 0.230. The van der Waals surface area contributed by atoms with E-state index >= 15 is 0 Å². The van der Waals surface area contributed by atoms with Gasteiger partial charge >= 0.3 is 6.03 Å². The van der Waals surface area contributed by atoms with E-state index in [0.717, 1.165) is 17.7 Å². The summed E-state index contributed by atoms with van der Waals surface area (Å²) in [6, 6.07) is 11.6. The van der Waals surface area contributed by atoms with Crippen molar-refractivity contribution in [2.75, 3.05) is 5.32 Å². The summed E-state index contributed by atoms with van der Waals surface area (Å²) in [4.78, 5) is 12.3. The zero-order valence-electron chi connectivity index (χ0n) is 13.0. The molecular weight excluding hydrogens is 264 g/mol. The van der Waals surface area contributed by atoms with Crippen molar-refractivity contribution in [3.8, 4) is 0 Å². The Hall–Kier alpha value is -2.30. The first-order chi connectivity index (χ1) is 9.94. The van der Waals surface area contributed by atoms with Crippen LogP contribution in [0.25, 0.3) is 0 Å². The number of nitrogens with zero attached hydrogens (tertiary/aromatic N) is 2. The zero-order chi connectivity index (χ0) is 15.5. The Morgan fingerprint density at radius 2 is 2.00 bits per heavy atom. The molecule has 5 nitrogen and oxygen atoms in total. The molecule has 2 N–H and O–H groups in total. The van der Waals surface area contributed by atoms with E-state index in [0.29, 0.717) is 5.82 Å². The Morgan fingerprint density at radius 3 is 2.52 bits per heavy atom. The van der Waals surface area contributed by atoms with Gasteiger partial charge in [0.15, 0.2) is 0 Å². The van der Waals surface area contributed by atoms with Crippen LogP contribution < -0.4 is 10.6 Å². The lowest BCUT2D eigenvalue weighted by Crippen LogP contribution is -2.45. The number of benzene rings is 1. The molecule has 0 fully saturated rings. The first-order valence-corrected chi connectivity index (χ1v) is 7.10. The molecule has 0 saturated heterocycles. The molecule has 0 bridgehead atoms. The van der Waals surface area contributed by atoms with Crippen LogP contribution in [0.4, 0.5) is 10.6 Å². The SMILES string of the molecule is CC[C@](C)(NC(=O)Nc1cc(C)nn1C)c1ccccc1. The summed E-state index contributed by atoms with van der Waals surface area (Å²) < 4.78 is 1.65. The molecule has 112 valence electrons. The topological polar surface area (TPSA) is 59.0 Å². The number of hydrogen-bond acceptors (Lipinski definition) is 2. The van der Waals surface area contributed by atoms with E-state index in [2.05, 4.69) is 22.7 Å². The minimum atomic E-state index is -0.404. The van der Waals surface area contributed by atoms with E-state index in [1.54, 1.807) is 11.7 Å². The molecule has 0 aliphatic rings. The average Bonchev–Trinajstić information content (AvgIpc) is 2.77. The predicted octanol–water partition coefficient (Wildman–Crippen LogP) is 3.18. The zero-order valence-corrected chi connectivity index (χ0v) is 13.0. The van der Waals surface area contributed by atoms with Crippen LogP contribution in [0.5, 0.6) is 0 Å². The van der Waals surface area contributed by atoms with Crippen LogP contribution in [0.1, 0.15) is 31.5 Å². The van der Waals surface area contributed by atoms with E-state index in [4.69, 9.17) is 0 Å². The second-order valence-electron chi connectivity index (χ2n) is 5.43. The molecule has 0 radical (unpaired) electrons. The van der Waals surface area contributed by atoms with E-state index in [1.165, 1.54) is 0 Å². The Kier molecular flexibility index (Phi) is 4.31. The molecule has 1 aromatic heterocycles. The Morgan fingerprint density at radius 1 is 1.33 bits per heavy atom. The van der Waals surface area contributed by atoms with Crippen molar-refractivity contribution in [2.45, 2.75) is 32.7 Å². The summed E-state index contributed by atoms with van der Waals surface area (Å²) in [5.41, 5.74) is 1.55. The van der Waals surface area contributed by atoms with Crippen molar-refractivity contribution in [1.82, 2.24) is 15.1 Å². The summed E-state index contributed by atoms with van der Waals surface area (Å²) in [7, 11) is 1.80. The molecule has 1 aromatic carbocycles. The number of aromatic nitrogens is 2. The van der Waals surface area contributed by atoms with Crippen molar-refractivity contribution in [1.29, 1.82) is 0 Å². The van der Waals surface area contributed by atoms with Crippen LogP contribution in [-0.2, 0) is 12.6 Å². The van der Waals surface area contributed by atoms with Gasteiger partial charge < -0.3 is 5.32 Å². The molecule has 5 heteroatoms. The third-order valence-electron chi connectivity index (χ3n) is 3.75. The van der Waals surface area contributed by atoms with Gasteiger partial charge in [-0.15, -0.1) is 0 Å². The van der Waals surface area contributed by atoms with Gasteiger partial charge in [0.1, 0.15) is 5.82 Å². The minimum Gasteiger partial charge on any atom is -0.329 e. The van der Waals surface area contributed by atoms with E-state index in [-0.39, 0.29) is 6.03 Å². The number of anilines is 1. The summed E-state index contributed by atoms with van der Waals surface area (Å²) in [6.07, 6.45) is 0.800. The van der Waals surface area contributed by atoms with Gasteiger partial charge in [0.05, 0.1) is 11.2 Å². The lowest BCUT2D eigenvalue weighted by molar-refractivity contribution is 0.237. The van der Waals surface area contributed by atoms with Gasteiger partial charge in [-0.25, -0.2) is 4.79 Å². The Bertz CT molecular complexity index is 620. The summed E-state index contributed by atoms with van der Waals surface area (Å²) in [5, 5.41) is 10.1. The summed E-state index contributed by atoms with van der Waals surface area (Å²) >= 11 is 0. The van der Waals surface area contributed by atoms with E-state index in [9.17, 15) is 4.79 Å². The molecular formula is C16H22N4O. The van der Waals surface area contributed by atoms with Gasteiger partial charge in [-0.3, -0.25) is 10.00 Å². The van der Waals surface area contributed by atoms with Crippen molar-refractivity contribution in [3.63, 3.8) is 0 Å². The second-order valence-corrected chi connectivity index (χ2v) is 5.43. The highest BCUT2D eigenvalue weighted by atomic mass is 16.2. The van der Waals surface area contributed by atoms with E-state index < -0.39 is 5.54 Å². The maximum atomic E-state index is 12.3. The summed E-state index contributed by atoms with van der Waals surface area (Å²) in [5.74, 6) is 0.677. The third-order valence-corrected chi connectivity index (χ3v) is 3.75. The van der Waals surface area contributed by atoms with Crippen molar-refractivity contribution < 1.29 is 4.79 Å². The smallest absolute Gasteiger partial charge is 0.321 e. The van der Waals surface area contributed by atoms with Gasteiger partial charge in [-0.05, 0) is 25.8 Å².